The monoisotopic (exact) mass is 224 g/mol. The minimum atomic E-state index is 0.905. The minimum Gasteiger partial charge on any atom is -0.368 e. The quantitative estimate of drug-likeness (QED) is 0.788. The third-order valence-corrected chi connectivity index (χ3v) is 3.33. The zero-order valence-corrected chi connectivity index (χ0v) is 10.1. The third kappa shape index (κ3) is 2.27. The summed E-state index contributed by atoms with van der Waals surface area (Å²) in [5.74, 6) is 0. The molecule has 0 spiro atoms. The van der Waals surface area contributed by atoms with Gasteiger partial charge in [-0.25, -0.2) is 0 Å². The van der Waals surface area contributed by atoms with Crippen LogP contribution >= 0.6 is 11.6 Å². The van der Waals surface area contributed by atoms with Crippen LogP contribution in [0.15, 0.2) is 12.1 Å². The van der Waals surface area contributed by atoms with Crippen molar-refractivity contribution in [3.8, 4) is 0 Å². The standard InChI is InChI=1S/C12H17ClN2/c1-9-7-10(2)12(13)11(8-9)15-5-3-14-4-6-15/h7-8,14H,3-6H2,1-2H3. The highest BCUT2D eigenvalue weighted by Crippen LogP contribution is 2.30. The van der Waals surface area contributed by atoms with Gasteiger partial charge in [0.1, 0.15) is 0 Å². The van der Waals surface area contributed by atoms with Crippen molar-refractivity contribution in [3.63, 3.8) is 0 Å². The largest absolute Gasteiger partial charge is 0.368 e. The van der Waals surface area contributed by atoms with Gasteiger partial charge < -0.3 is 10.2 Å². The molecule has 0 saturated carbocycles. The lowest BCUT2D eigenvalue weighted by molar-refractivity contribution is 0.589. The average Bonchev–Trinajstić information content (AvgIpc) is 2.24. The van der Waals surface area contributed by atoms with Gasteiger partial charge in [0.15, 0.2) is 0 Å². The van der Waals surface area contributed by atoms with Gasteiger partial charge in [0, 0.05) is 26.2 Å². The zero-order chi connectivity index (χ0) is 10.8. The lowest BCUT2D eigenvalue weighted by Gasteiger charge is -2.30. The van der Waals surface area contributed by atoms with Crippen LogP contribution in [0.5, 0.6) is 0 Å². The maximum Gasteiger partial charge on any atom is 0.0668 e. The molecule has 0 radical (unpaired) electrons. The molecule has 0 aromatic heterocycles. The highest BCUT2D eigenvalue weighted by atomic mass is 35.5. The van der Waals surface area contributed by atoms with Gasteiger partial charge >= 0.3 is 0 Å². The molecule has 1 saturated heterocycles. The second kappa shape index (κ2) is 4.42. The Bertz CT molecular complexity index is 357. The molecular weight excluding hydrogens is 208 g/mol. The predicted octanol–water partition coefficient (Wildman–Crippen LogP) is 2.37. The van der Waals surface area contributed by atoms with Crippen LogP contribution in [0.4, 0.5) is 5.69 Å². The highest BCUT2D eigenvalue weighted by molar-refractivity contribution is 6.34. The molecule has 1 aromatic carbocycles. The Morgan fingerprint density at radius 2 is 1.87 bits per heavy atom. The number of aryl methyl sites for hydroxylation is 2. The van der Waals surface area contributed by atoms with E-state index in [-0.39, 0.29) is 0 Å². The molecular formula is C12H17ClN2. The maximum atomic E-state index is 6.34. The minimum absolute atomic E-state index is 0.905. The first-order chi connectivity index (χ1) is 7.18. The number of nitrogens with one attached hydrogen (secondary N) is 1. The fourth-order valence-corrected chi connectivity index (χ4v) is 2.29. The van der Waals surface area contributed by atoms with Gasteiger partial charge in [-0.15, -0.1) is 0 Å². The SMILES string of the molecule is Cc1cc(C)c(Cl)c(N2CCNCC2)c1. The summed E-state index contributed by atoms with van der Waals surface area (Å²) in [5.41, 5.74) is 3.64. The number of benzene rings is 1. The lowest BCUT2D eigenvalue weighted by Crippen LogP contribution is -2.43. The first-order valence-electron chi connectivity index (χ1n) is 5.41. The van der Waals surface area contributed by atoms with Gasteiger partial charge in [-0.2, -0.15) is 0 Å². The normalized spacial score (nSPS) is 16.9. The molecule has 0 amide bonds. The molecule has 1 heterocycles. The summed E-state index contributed by atoms with van der Waals surface area (Å²) in [4.78, 5) is 2.36. The molecule has 2 nitrogen and oxygen atoms in total. The summed E-state index contributed by atoms with van der Waals surface area (Å²) in [6.07, 6.45) is 0. The fourth-order valence-electron chi connectivity index (χ4n) is 2.06. The van der Waals surface area contributed by atoms with Crippen molar-refractivity contribution in [2.45, 2.75) is 13.8 Å². The number of hydrogen-bond acceptors (Lipinski definition) is 2. The van der Waals surface area contributed by atoms with E-state index >= 15 is 0 Å². The average molecular weight is 225 g/mol. The van der Waals surface area contributed by atoms with Gasteiger partial charge in [0.2, 0.25) is 0 Å². The Kier molecular flexibility index (Phi) is 3.17. The highest BCUT2D eigenvalue weighted by Gasteiger charge is 2.14. The van der Waals surface area contributed by atoms with Gasteiger partial charge in [-0.1, -0.05) is 17.7 Å². The van der Waals surface area contributed by atoms with E-state index in [1.807, 2.05) is 0 Å². The zero-order valence-electron chi connectivity index (χ0n) is 9.31. The van der Waals surface area contributed by atoms with Crippen LogP contribution in [0.1, 0.15) is 11.1 Å². The lowest BCUT2D eigenvalue weighted by atomic mass is 10.1. The van der Waals surface area contributed by atoms with Gasteiger partial charge in [0.05, 0.1) is 10.7 Å². The Balaban J connectivity index is 2.33. The Morgan fingerprint density at radius 3 is 2.53 bits per heavy atom. The molecule has 15 heavy (non-hydrogen) atoms. The molecule has 3 heteroatoms. The van der Waals surface area contributed by atoms with E-state index < -0.39 is 0 Å². The van der Waals surface area contributed by atoms with E-state index in [1.54, 1.807) is 0 Å². The molecule has 0 aliphatic carbocycles. The van der Waals surface area contributed by atoms with Crippen molar-refractivity contribution < 1.29 is 0 Å². The molecule has 1 aromatic rings. The van der Waals surface area contributed by atoms with Crippen molar-refractivity contribution >= 4 is 17.3 Å². The number of rotatable bonds is 1. The van der Waals surface area contributed by atoms with Crippen LogP contribution < -0.4 is 10.2 Å². The van der Waals surface area contributed by atoms with Crippen LogP contribution in [0.3, 0.4) is 0 Å². The summed E-state index contributed by atoms with van der Waals surface area (Å²) in [6, 6.07) is 4.31. The van der Waals surface area contributed by atoms with Crippen LogP contribution in [-0.2, 0) is 0 Å². The summed E-state index contributed by atoms with van der Waals surface area (Å²) in [6.45, 7) is 8.37. The fraction of sp³-hybridized carbons (Fsp3) is 0.500. The third-order valence-electron chi connectivity index (χ3n) is 2.84. The Hall–Kier alpha value is -0.730. The molecule has 1 fully saturated rings. The van der Waals surface area contributed by atoms with E-state index in [2.05, 4.69) is 36.2 Å². The second-order valence-electron chi connectivity index (χ2n) is 4.15. The van der Waals surface area contributed by atoms with Gasteiger partial charge in [-0.05, 0) is 31.0 Å². The van der Waals surface area contributed by atoms with Crippen molar-refractivity contribution in [1.82, 2.24) is 5.32 Å². The molecule has 0 atom stereocenters. The summed E-state index contributed by atoms with van der Waals surface area (Å²) in [7, 11) is 0. The van der Waals surface area contributed by atoms with Gasteiger partial charge in [0.25, 0.3) is 0 Å². The molecule has 82 valence electrons. The van der Waals surface area contributed by atoms with Crippen molar-refractivity contribution in [2.24, 2.45) is 0 Å². The van der Waals surface area contributed by atoms with E-state index in [0.717, 1.165) is 31.2 Å². The molecule has 2 rings (SSSR count). The predicted molar refractivity (Wildman–Crippen MR) is 66.0 cm³/mol. The van der Waals surface area contributed by atoms with Crippen molar-refractivity contribution in [2.75, 3.05) is 31.1 Å². The van der Waals surface area contributed by atoms with Crippen LogP contribution in [0.2, 0.25) is 5.02 Å². The summed E-state index contributed by atoms with van der Waals surface area (Å²) >= 11 is 6.34. The smallest absolute Gasteiger partial charge is 0.0668 e. The molecule has 1 aliphatic heterocycles. The number of hydrogen-bond donors (Lipinski definition) is 1. The summed E-state index contributed by atoms with van der Waals surface area (Å²) in [5, 5.41) is 4.25. The molecule has 0 bridgehead atoms. The van der Waals surface area contributed by atoms with E-state index in [9.17, 15) is 0 Å². The summed E-state index contributed by atoms with van der Waals surface area (Å²) < 4.78 is 0. The maximum absolute atomic E-state index is 6.34. The number of piperazine rings is 1. The number of halogens is 1. The molecule has 0 unspecified atom stereocenters. The number of nitrogens with zero attached hydrogens (tertiary/aromatic N) is 1. The second-order valence-corrected chi connectivity index (χ2v) is 4.53. The van der Waals surface area contributed by atoms with Crippen LogP contribution in [0.25, 0.3) is 0 Å². The van der Waals surface area contributed by atoms with E-state index in [1.165, 1.54) is 16.8 Å². The van der Waals surface area contributed by atoms with Crippen LogP contribution in [-0.4, -0.2) is 26.2 Å². The van der Waals surface area contributed by atoms with Gasteiger partial charge in [-0.3, -0.25) is 0 Å². The first kappa shape index (κ1) is 10.8. The number of anilines is 1. The van der Waals surface area contributed by atoms with E-state index in [0.29, 0.717) is 0 Å². The first-order valence-corrected chi connectivity index (χ1v) is 5.78. The van der Waals surface area contributed by atoms with Crippen LogP contribution in [0, 0.1) is 13.8 Å². The molecule has 1 N–H and O–H groups in total. The molecule has 1 aliphatic rings. The van der Waals surface area contributed by atoms with Crippen molar-refractivity contribution in [3.05, 3.63) is 28.3 Å². The Labute approximate surface area is 96.2 Å². The topological polar surface area (TPSA) is 15.3 Å². The van der Waals surface area contributed by atoms with Crippen molar-refractivity contribution in [1.29, 1.82) is 0 Å². The Morgan fingerprint density at radius 1 is 1.20 bits per heavy atom. The van der Waals surface area contributed by atoms with E-state index in [4.69, 9.17) is 11.6 Å².